The molecular formula is C16H23NO. The third-order valence-corrected chi connectivity index (χ3v) is 4.52. The number of ether oxygens (including phenoxy) is 1. The van der Waals surface area contributed by atoms with E-state index in [4.69, 9.17) is 10.5 Å². The summed E-state index contributed by atoms with van der Waals surface area (Å²) < 4.78 is 6.39. The van der Waals surface area contributed by atoms with Gasteiger partial charge in [-0.2, -0.15) is 0 Å². The normalized spacial score (nSPS) is 33.8. The van der Waals surface area contributed by atoms with Crippen LogP contribution in [0.2, 0.25) is 0 Å². The van der Waals surface area contributed by atoms with E-state index in [-0.39, 0.29) is 11.6 Å². The van der Waals surface area contributed by atoms with Gasteiger partial charge in [0, 0.05) is 18.0 Å². The van der Waals surface area contributed by atoms with E-state index in [2.05, 4.69) is 26.0 Å². The Morgan fingerprint density at radius 1 is 1.22 bits per heavy atom. The first-order valence-corrected chi connectivity index (χ1v) is 7.03. The Bertz CT molecular complexity index is 454. The molecule has 2 N–H and O–H groups in total. The summed E-state index contributed by atoms with van der Waals surface area (Å²) >= 11 is 0. The van der Waals surface area contributed by atoms with Crippen LogP contribution >= 0.6 is 0 Å². The maximum absolute atomic E-state index is 6.39. The van der Waals surface area contributed by atoms with E-state index >= 15 is 0 Å². The van der Waals surface area contributed by atoms with Crippen molar-refractivity contribution in [2.24, 2.45) is 11.1 Å². The van der Waals surface area contributed by atoms with Crippen molar-refractivity contribution in [3.05, 3.63) is 29.8 Å². The molecule has 1 aliphatic heterocycles. The van der Waals surface area contributed by atoms with Gasteiger partial charge in [0.15, 0.2) is 0 Å². The maximum atomic E-state index is 6.39. The molecule has 1 aromatic carbocycles. The molecule has 0 bridgehead atoms. The number of fused-ring (bicyclic) bond motifs is 1. The summed E-state index contributed by atoms with van der Waals surface area (Å²) in [5.74, 6) is 1.01. The topological polar surface area (TPSA) is 35.2 Å². The summed E-state index contributed by atoms with van der Waals surface area (Å²) in [6, 6.07) is 8.38. The minimum atomic E-state index is -0.0183. The van der Waals surface area contributed by atoms with Gasteiger partial charge in [-0.25, -0.2) is 0 Å². The van der Waals surface area contributed by atoms with Gasteiger partial charge in [-0.15, -0.1) is 0 Å². The zero-order valence-corrected chi connectivity index (χ0v) is 11.4. The Hall–Kier alpha value is -1.02. The van der Waals surface area contributed by atoms with Crippen LogP contribution < -0.4 is 10.5 Å². The molecule has 1 fully saturated rings. The molecule has 1 aliphatic carbocycles. The molecule has 0 radical (unpaired) electrons. The highest BCUT2D eigenvalue weighted by Crippen LogP contribution is 2.50. The van der Waals surface area contributed by atoms with Gasteiger partial charge in [0.05, 0.1) is 0 Å². The molecule has 18 heavy (non-hydrogen) atoms. The number of hydrogen-bond acceptors (Lipinski definition) is 2. The largest absolute Gasteiger partial charge is 0.487 e. The molecule has 0 amide bonds. The van der Waals surface area contributed by atoms with E-state index in [1.165, 1.54) is 18.4 Å². The van der Waals surface area contributed by atoms with Crippen LogP contribution in [-0.4, -0.2) is 5.60 Å². The molecule has 3 rings (SSSR count). The third-order valence-electron chi connectivity index (χ3n) is 4.52. The molecule has 0 saturated heterocycles. The molecule has 1 saturated carbocycles. The predicted octanol–water partition coefficient (Wildman–Crippen LogP) is 3.81. The zero-order valence-electron chi connectivity index (χ0n) is 11.4. The Morgan fingerprint density at radius 3 is 2.78 bits per heavy atom. The van der Waals surface area contributed by atoms with Crippen molar-refractivity contribution in [3.63, 3.8) is 0 Å². The second-order valence-electron chi connectivity index (χ2n) is 6.83. The van der Waals surface area contributed by atoms with Crippen LogP contribution in [0.3, 0.4) is 0 Å². The predicted molar refractivity (Wildman–Crippen MR) is 73.6 cm³/mol. The average molecular weight is 245 g/mol. The minimum Gasteiger partial charge on any atom is -0.487 e. The molecule has 2 heteroatoms. The van der Waals surface area contributed by atoms with Crippen molar-refractivity contribution in [2.45, 2.75) is 57.6 Å². The first-order valence-electron chi connectivity index (χ1n) is 7.03. The number of hydrogen-bond donors (Lipinski definition) is 1. The Morgan fingerprint density at radius 2 is 2.00 bits per heavy atom. The van der Waals surface area contributed by atoms with E-state index in [0.29, 0.717) is 5.41 Å². The van der Waals surface area contributed by atoms with Crippen LogP contribution in [0, 0.1) is 5.41 Å². The highest BCUT2D eigenvalue weighted by Gasteiger charge is 2.45. The lowest BCUT2D eigenvalue weighted by molar-refractivity contribution is -0.0385. The van der Waals surface area contributed by atoms with Gasteiger partial charge in [-0.3, -0.25) is 0 Å². The summed E-state index contributed by atoms with van der Waals surface area (Å²) in [5.41, 5.74) is 7.89. The molecule has 2 aliphatic rings. The van der Waals surface area contributed by atoms with Crippen LogP contribution in [0.4, 0.5) is 0 Å². The molecule has 2 nitrogen and oxygen atoms in total. The van der Waals surface area contributed by atoms with Crippen LogP contribution in [0.15, 0.2) is 24.3 Å². The monoisotopic (exact) mass is 245 g/mol. The fourth-order valence-corrected chi connectivity index (χ4v) is 3.86. The van der Waals surface area contributed by atoms with Gasteiger partial charge < -0.3 is 10.5 Å². The van der Waals surface area contributed by atoms with Crippen molar-refractivity contribution < 1.29 is 4.74 Å². The minimum absolute atomic E-state index is 0.0183. The Balaban J connectivity index is 1.93. The molecule has 0 aromatic heterocycles. The standard InChI is InChI=1S/C16H23NO/c1-15(2)8-5-9-16(11-15)10-13(17)12-6-3-4-7-14(12)18-16/h3-4,6-7,13H,5,8-11,17H2,1-2H3. The van der Waals surface area contributed by atoms with Crippen molar-refractivity contribution >= 4 is 0 Å². The van der Waals surface area contributed by atoms with E-state index in [9.17, 15) is 0 Å². The van der Waals surface area contributed by atoms with Crippen LogP contribution in [-0.2, 0) is 0 Å². The highest BCUT2D eigenvalue weighted by molar-refractivity contribution is 5.38. The second-order valence-corrected chi connectivity index (χ2v) is 6.83. The van der Waals surface area contributed by atoms with E-state index in [0.717, 1.165) is 25.0 Å². The SMILES string of the molecule is CC1(C)CCCC2(CC(N)c3ccccc3O2)C1. The lowest BCUT2D eigenvalue weighted by atomic mass is 9.66. The smallest absolute Gasteiger partial charge is 0.124 e. The molecule has 1 spiro atoms. The summed E-state index contributed by atoms with van der Waals surface area (Å²) in [7, 11) is 0. The molecule has 1 aromatic rings. The second kappa shape index (κ2) is 3.99. The zero-order chi connectivity index (χ0) is 12.8. The Kier molecular flexibility index (Phi) is 2.67. The van der Waals surface area contributed by atoms with Crippen LogP contribution in [0.25, 0.3) is 0 Å². The molecule has 2 atom stereocenters. The first kappa shape index (κ1) is 12.0. The van der Waals surface area contributed by atoms with Crippen molar-refractivity contribution in [1.29, 1.82) is 0 Å². The maximum Gasteiger partial charge on any atom is 0.124 e. The number of nitrogens with two attached hydrogens (primary N) is 1. The van der Waals surface area contributed by atoms with Gasteiger partial charge in [-0.1, -0.05) is 32.0 Å². The van der Waals surface area contributed by atoms with Gasteiger partial charge >= 0.3 is 0 Å². The highest BCUT2D eigenvalue weighted by atomic mass is 16.5. The van der Waals surface area contributed by atoms with Gasteiger partial charge in [0.2, 0.25) is 0 Å². The van der Waals surface area contributed by atoms with Crippen LogP contribution in [0.5, 0.6) is 5.75 Å². The van der Waals surface area contributed by atoms with Gasteiger partial charge in [0.25, 0.3) is 0 Å². The van der Waals surface area contributed by atoms with Gasteiger partial charge in [0.1, 0.15) is 11.4 Å². The average Bonchev–Trinajstić information content (AvgIpc) is 2.27. The van der Waals surface area contributed by atoms with E-state index in [1.807, 2.05) is 12.1 Å². The van der Waals surface area contributed by atoms with Crippen LogP contribution in [0.1, 0.15) is 57.6 Å². The van der Waals surface area contributed by atoms with Crippen molar-refractivity contribution in [2.75, 3.05) is 0 Å². The third kappa shape index (κ3) is 2.03. The number of para-hydroxylation sites is 1. The van der Waals surface area contributed by atoms with Gasteiger partial charge in [-0.05, 0) is 37.2 Å². The summed E-state index contributed by atoms with van der Waals surface area (Å²) in [4.78, 5) is 0. The summed E-state index contributed by atoms with van der Waals surface area (Å²) in [6.45, 7) is 4.70. The summed E-state index contributed by atoms with van der Waals surface area (Å²) in [5, 5.41) is 0. The molecule has 2 unspecified atom stereocenters. The Labute approximate surface area is 110 Å². The number of rotatable bonds is 0. The van der Waals surface area contributed by atoms with Crippen molar-refractivity contribution in [1.82, 2.24) is 0 Å². The lowest BCUT2D eigenvalue weighted by Crippen LogP contribution is -2.48. The first-order chi connectivity index (χ1) is 8.50. The number of benzene rings is 1. The fourth-order valence-electron chi connectivity index (χ4n) is 3.86. The quantitative estimate of drug-likeness (QED) is 0.754. The fraction of sp³-hybridized carbons (Fsp3) is 0.625. The summed E-state index contributed by atoms with van der Waals surface area (Å²) in [6.07, 6.45) is 5.80. The molecule has 98 valence electrons. The lowest BCUT2D eigenvalue weighted by Gasteiger charge is -2.48. The molecule has 1 heterocycles. The van der Waals surface area contributed by atoms with E-state index in [1.54, 1.807) is 0 Å². The molecular weight excluding hydrogens is 222 g/mol. The van der Waals surface area contributed by atoms with E-state index < -0.39 is 0 Å². The van der Waals surface area contributed by atoms with Crippen molar-refractivity contribution in [3.8, 4) is 5.75 Å².